The Labute approximate surface area is 99.0 Å². The van der Waals surface area contributed by atoms with Crippen molar-refractivity contribution in [3.05, 3.63) is 21.1 Å². The highest BCUT2D eigenvalue weighted by Crippen LogP contribution is 2.37. The van der Waals surface area contributed by atoms with E-state index in [1.165, 1.54) is 6.07 Å². The van der Waals surface area contributed by atoms with Crippen molar-refractivity contribution in [3.63, 3.8) is 0 Å². The van der Waals surface area contributed by atoms with E-state index in [-0.39, 0.29) is 11.5 Å². The molecular weight excluding hydrogens is 316 g/mol. The van der Waals surface area contributed by atoms with Gasteiger partial charge in [-0.3, -0.25) is 0 Å². The monoisotopic (exact) mass is 324 g/mol. The van der Waals surface area contributed by atoms with Crippen LogP contribution in [0.5, 0.6) is 11.5 Å². The lowest BCUT2D eigenvalue weighted by molar-refractivity contribution is -0.107. The summed E-state index contributed by atoms with van der Waals surface area (Å²) in [6.45, 7) is 1.81. The van der Waals surface area contributed by atoms with E-state index in [0.717, 1.165) is 6.29 Å². The Morgan fingerprint density at radius 2 is 1.86 bits per heavy atom. The number of hydrogen-bond donors (Lipinski definition) is 2. The molecule has 0 aliphatic rings. The molecule has 14 heavy (non-hydrogen) atoms. The van der Waals surface area contributed by atoms with E-state index in [9.17, 15) is 4.79 Å². The lowest BCUT2D eigenvalue weighted by Gasteiger charge is -2.00. The molecule has 1 rings (SSSR count). The molecule has 5 heteroatoms. The highest BCUT2D eigenvalue weighted by molar-refractivity contribution is 9.11. The molecule has 0 heterocycles. The maximum absolute atomic E-state index is 9.17. The minimum atomic E-state index is 0.0139. The van der Waals surface area contributed by atoms with E-state index >= 15 is 0 Å². The number of carbonyl (C=O) groups is 1. The molecule has 1 aromatic carbocycles. The van der Waals surface area contributed by atoms with Gasteiger partial charge in [0.2, 0.25) is 0 Å². The number of benzene rings is 1. The molecule has 1 aromatic rings. The van der Waals surface area contributed by atoms with Crippen molar-refractivity contribution < 1.29 is 15.0 Å². The molecule has 0 spiro atoms. The molecule has 0 aliphatic heterocycles. The largest absolute Gasteiger partial charge is 0.507 e. The first kappa shape index (κ1) is 13.4. The molecule has 78 valence electrons. The second kappa shape index (κ2) is 6.84. The number of phenolic OH excluding ortho intramolecular Hbond substituents is 2. The zero-order valence-corrected chi connectivity index (χ0v) is 10.7. The van der Waals surface area contributed by atoms with Gasteiger partial charge < -0.3 is 15.0 Å². The van der Waals surface area contributed by atoms with Gasteiger partial charge in [-0.2, -0.15) is 0 Å². The molecule has 0 fully saturated rings. The van der Waals surface area contributed by atoms with Gasteiger partial charge in [0.05, 0.1) is 4.47 Å². The second-order valence-electron chi connectivity index (χ2n) is 2.30. The quantitative estimate of drug-likeness (QED) is 0.779. The first-order chi connectivity index (χ1) is 6.54. The van der Waals surface area contributed by atoms with Crippen molar-refractivity contribution in [1.29, 1.82) is 0 Å². The number of aldehydes is 1. The van der Waals surface area contributed by atoms with Gasteiger partial charge in [0.15, 0.2) is 0 Å². The van der Waals surface area contributed by atoms with Crippen molar-refractivity contribution in [3.8, 4) is 11.5 Å². The number of carbonyl (C=O) groups excluding carboxylic acids is 1. The smallest absolute Gasteiger partial charge is 0.147 e. The molecule has 0 saturated carbocycles. The molecule has 2 N–H and O–H groups in total. The highest BCUT2D eigenvalue weighted by atomic mass is 79.9. The third-order valence-corrected chi connectivity index (χ3v) is 2.63. The molecule has 0 unspecified atom stereocenters. The summed E-state index contributed by atoms with van der Waals surface area (Å²) in [4.78, 5) is 9.17. The number of aromatic hydroxyl groups is 2. The van der Waals surface area contributed by atoms with Gasteiger partial charge in [-0.15, -0.1) is 0 Å². The lowest BCUT2D eigenvalue weighted by Crippen LogP contribution is -1.72. The Kier molecular flexibility index (Phi) is 6.57. The molecule has 0 atom stereocenters. The summed E-state index contributed by atoms with van der Waals surface area (Å²) in [5.74, 6) is 0.0423. The van der Waals surface area contributed by atoms with E-state index in [0.29, 0.717) is 15.4 Å². The van der Waals surface area contributed by atoms with Crippen LogP contribution in [0.4, 0.5) is 0 Å². The normalized spacial score (nSPS) is 8.79. The van der Waals surface area contributed by atoms with Crippen molar-refractivity contribution in [2.75, 3.05) is 0 Å². The van der Waals surface area contributed by atoms with Crippen molar-refractivity contribution in [1.82, 2.24) is 0 Å². The fourth-order valence-corrected chi connectivity index (χ4v) is 1.47. The average Bonchev–Trinajstić information content (AvgIpc) is 2.21. The van der Waals surface area contributed by atoms with Crippen LogP contribution in [-0.4, -0.2) is 16.5 Å². The Morgan fingerprint density at radius 3 is 2.21 bits per heavy atom. The van der Waals surface area contributed by atoms with Crippen LogP contribution in [0, 0.1) is 0 Å². The van der Waals surface area contributed by atoms with Crippen molar-refractivity contribution in [2.45, 2.75) is 13.3 Å². The maximum atomic E-state index is 9.17. The van der Waals surface area contributed by atoms with Crippen molar-refractivity contribution in [2.24, 2.45) is 0 Å². The second-order valence-corrected chi connectivity index (χ2v) is 3.95. The molecule has 0 aliphatic carbocycles. The number of phenols is 2. The fourth-order valence-electron chi connectivity index (χ4n) is 0.530. The molecule has 0 saturated heterocycles. The van der Waals surface area contributed by atoms with Gasteiger partial charge in [-0.05, 0) is 44.0 Å². The van der Waals surface area contributed by atoms with E-state index in [2.05, 4.69) is 31.9 Å². The van der Waals surface area contributed by atoms with Gasteiger partial charge in [0.1, 0.15) is 22.3 Å². The summed E-state index contributed by atoms with van der Waals surface area (Å²) >= 11 is 6.09. The minimum Gasteiger partial charge on any atom is -0.507 e. The standard InChI is InChI=1S/C6H4Br2O2.C3H6O/c7-3-1-2-4(9)5(8)6(3)10;1-2-3-4/h1-2,9-10H;3H,2H2,1H3. The molecule has 0 radical (unpaired) electrons. The molecule has 3 nitrogen and oxygen atoms in total. The molecule has 0 bridgehead atoms. The van der Waals surface area contributed by atoms with Gasteiger partial charge in [-0.25, -0.2) is 0 Å². The number of halogens is 2. The van der Waals surface area contributed by atoms with Crippen LogP contribution in [0.25, 0.3) is 0 Å². The van der Waals surface area contributed by atoms with Crippen LogP contribution in [0.1, 0.15) is 13.3 Å². The predicted molar refractivity (Wildman–Crippen MR) is 61.5 cm³/mol. The van der Waals surface area contributed by atoms with E-state index in [1.54, 1.807) is 6.07 Å². The molecular formula is C9H10Br2O3. The first-order valence-corrected chi connectivity index (χ1v) is 5.42. The van der Waals surface area contributed by atoms with Gasteiger partial charge in [-0.1, -0.05) is 6.92 Å². The Hall–Kier alpha value is -0.550. The predicted octanol–water partition coefficient (Wildman–Crippen LogP) is 3.22. The summed E-state index contributed by atoms with van der Waals surface area (Å²) in [5, 5.41) is 18.1. The zero-order chi connectivity index (χ0) is 11.1. The third-order valence-electron chi connectivity index (χ3n) is 1.21. The first-order valence-electron chi connectivity index (χ1n) is 3.84. The lowest BCUT2D eigenvalue weighted by atomic mass is 10.3. The third kappa shape index (κ3) is 4.11. The highest BCUT2D eigenvalue weighted by Gasteiger charge is 2.05. The summed E-state index contributed by atoms with van der Waals surface area (Å²) in [5.41, 5.74) is 0. The van der Waals surface area contributed by atoms with Gasteiger partial charge >= 0.3 is 0 Å². The van der Waals surface area contributed by atoms with Crippen LogP contribution < -0.4 is 0 Å². The summed E-state index contributed by atoms with van der Waals surface area (Å²) in [6.07, 6.45) is 1.51. The van der Waals surface area contributed by atoms with Gasteiger partial charge in [0, 0.05) is 6.42 Å². The average molecular weight is 326 g/mol. The fraction of sp³-hybridized carbons (Fsp3) is 0.222. The minimum absolute atomic E-state index is 0.0139. The Morgan fingerprint density at radius 1 is 1.36 bits per heavy atom. The van der Waals surface area contributed by atoms with Gasteiger partial charge in [0.25, 0.3) is 0 Å². The van der Waals surface area contributed by atoms with Crippen LogP contribution >= 0.6 is 31.9 Å². The van der Waals surface area contributed by atoms with Crippen LogP contribution in [0.3, 0.4) is 0 Å². The maximum Gasteiger partial charge on any atom is 0.147 e. The van der Waals surface area contributed by atoms with Crippen LogP contribution in [0.15, 0.2) is 21.1 Å². The van der Waals surface area contributed by atoms with E-state index in [4.69, 9.17) is 10.2 Å². The Bertz CT molecular complexity index is 286. The summed E-state index contributed by atoms with van der Waals surface area (Å²) in [7, 11) is 0. The summed E-state index contributed by atoms with van der Waals surface area (Å²) < 4.78 is 0.860. The zero-order valence-electron chi connectivity index (χ0n) is 7.50. The van der Waals surface area contributed by atoms with Crippen LogP contribution in [-0.2, 0) is 4.79 Å². The molecule has 0 aromatic heterocycles. The summed E-state index contributed by atoms with van der Waals surface area (Å²) in [6, 6.07) is 3.04. The Balaban J connectivity index is 0.000000364. The van der Waals surface area contributed by atoms with E-state index < -0.39 is 0 Å². The number of hydrogen-bond acceptors (Lipinski definition) is 3. The van der Waals surface area contributed by atoms with Crippen molar-refractivity contribution >= 4 is 38.1 Å². The molecule has 0 amide bonds. The SMILES string of the molecule is CCC=O.Oc1ccc(Br)c(O)c1Br. The topological polar surface area (TPSA) is 57.5 Å². The van der Waals surface area contributed by atoms with E-state index in [1.807, 2.05) is 6.92 Å². The van der Waals surface area contributed by atoms with Crippen LogP contribution in [0.2, 0.25) is 0 Å². The number of rotatable bonds is 1.